The molecule has 3 aromatic carbocycles. The molecule has 0 heterocycles. The van der Waals surface area contributed by atoms with E-state index < -0.39 is 28.5 Å². The highest BCUT2D eigenvalue weighted by molar-refractivity contribution is 7.92. The number of hydrogen-bond acceptors (Lipinski definition) is 4. The zero-order chi connectivity index (χ0) is 30.3. The number of benzene rings is 3. The minimum Gasteiger partial charge on any atom is -0.352 e. The highest BCUT2D eigenvalue weighted by Gasteiger charge is 2.34. The number of anilines is 1. The summed E-state index contributed by atoms with van der Waals surface area (Å²) in [5.41, 5.74) is 5.02. The van der Waals surface area contributed by atoms with Gasteiger partial charge in [-0.1, -0.05) is 79.1 Å². The second kappa shape index (κ2) is 13.8. The van der Waals surface area contributed by atoms with E-state index in [1.807, 2.05) is 84.9 Å². The predicted molar refractivity (Wildman–Crippen MR) is 165 cm³/mol. The molecule has 0 fully saturated rings. The molecule has 2 amide bonds. The molecule has 0 aliphatic carbocycles. The van der Waals surface area contributed by atoms with Crippen LogP contribution >= 0.6 is 0 Å². The fourth-order valence-corrected chi connectivity index (χ4v) is 6.17. The van der Waals surface area contributed by atoms with Crippen LogP contribution in [0, 0.1) is 27.7 Å². The average molecular weight is 578 g/mol. The van der Waals surface area contributed by atoms with Gasteiger partial charge < -0.3 is 10.2 Å². The molecule has 8 heteroatoms. The molecule has 0 unspecified atom stereocenters. The zero-order valence-corrected chi connectivity index (χ0v) is 26.1. The van der Waals surface area contributed by atoms with E-state index in [-0.39, 0.29) is 23.4 Å². The normalized spacial score (nSPS) is 12.9. The van der Waals surface area contributed by atoms with Gasteiger partial charge in [-0.2, -0.15) is 0 Å². The minimum absolute atomic E-state index is 0.0542. The maximum atomic E-state index is 14.2. The van der Waals surface area contributed by atoms with Crippen molar-refractivity contribution in [1.82, 2.24) is 10.2 Å². The van der Waals surface area contributed by atoms with Crippen LogP contribution in [0.3, 0.4) is 0 Å². The summed E-state index contributed by atoms with van der Waals surface area (Å²) < 4.78 is 29.3. The van der Waals surface area contributed by atoms with E-state index in [1.165, 1.54) is 9.21 Å². The molecule has 0 aromatic heterocycles. The Hall–Kier alpha value is -3.65. The monoisotopic (exact) mass is 577 g/mol. The van der Waals surface area contributed by atoms with Gasteiger partial charge in [-0.3, -0.25) is 13.9 Å². The number of carbonyl (C=O) groups is 2. The lowest BCUT2D eigenvalue weighted by molar-refractivity contribution is -0.140. The molecule has 3 rings (SSSR count). The van der Waals surface area contributed by atoms with Crippen LogP contribution in [0.25, 0.3) is 0 Å². The van der Waals surface area contributed by atoms with E-state index in [0.29, 0.717) is 12.1 Å². The van der Waals surface area contributed by atoms with Crippen LogP contribution in [0.2, 0.25) is 0 Å². The first-order valence-electron chi connectivity index (χ1n) is 14.2. The quantitative estimate of drug-likeness (QED) is 0.293. The zero-order valence-electron chi connectivity index (χ0n) is 25.3. The molecule has 0 aliphatic heterocycles. The Morgan fingerprint density at radius 2 is 1.37 bits per heavy atom. The van der Waals surface area contributed by atoms with Gasteiger partial charge in [0.05, 0.1) is 10.6 Å². The van der Waals surface area contributed by atoms with Crippen molar-refractivity contribution in [3.8, 4) is 0 Å². The Balaban J connectivity index is 2.09. The lowest BCUT2D eigenvalue weighted by atomic mass is 10.1. The summed E-state index contributed by atoms with van der Waals surface area (Å²) in [4.78, 5) is 29.2. The molecule has 0 aliphatic rings. The van der Waals surface area contributed by atoms with Crippen LogP contribution in [-0.4, -0.2) is 43.8 Å². The number of amides is 2. The van der Waals surface area contributed by atoms with Gasteiger partial charge >= 0.3 is 0 Å². The maximum Gasteiger partial charge on any atom is 0.264 e. The Bertz CT molecular complexity index is 1450. The summed E-state index contributed by atoms with van der Waals surface area (Å²) in [7, 11) is -4.10. The summed E-state index contributed by atoms with van der Waals surface area (Å²) in [5.74, 6) is -0.700. The molecule has 7 nitrogen and oxygen atoms in total. The van der Waals surface area contributed by atoms with Crippen LogP contribution in [0.1, 0.15) is 61.4 Å². The first-order valence-corrected chi connectivity index (χ1v) is 15.6. The topological polar surface area (TPSA) is 86.8 Å². The summed E-state index contributed by atoms with van der Waals surface area (Å²) in [6, 6.07) is 19.0. The number of carbonyl (C=O) groups excluding carboxylic acids is 2. The van der Waals surface area contributed by atoms with Gasteiger partial charge in [0.2, 0.25) is 11.8 Å². The third-order valence-electron chi connectivity index (χ3n) is 7.37. The number of hydrogen-bond donors (Lipinski definition) is 1. The van der Waals surface area contributed by atoms with Crippen molar-refractivity contribution in [3.63, 3.8) is 0 Å². The van der Waals surface area contributed by atoms with Gasteiger partial charge in [-0.15, -0.1) is 0 Å². The van der Waals surface area contributed by atoms with Crippen LogP contribution in [0.15, 0.2) is 71.6 Å². The summed E-state index contributed by atoms with van der Waals surface area (Å²) >= 11 is 0. The number of rotatable bonds is 12. The fraction of sp³-hybridized carbons (Fsp3) is 0.394. The van der Waals surface area contributed by atoms with Crippen molar-refractivity contribution in [2.24, 2.45) is 0 Å². The lowest BCUT2D eigenvalue weighted by Crippen LogP contribution is -2.53. The van der Waals surface area contributed by atoms with Gasteiger partial charge in [0.1, 0.15) is 12.6 Å². The second-order valence-corrected chi connectivity index (χ2v) is 12.7. The Labute approximate surface area is 245 Å². The lowest BCUT2D eigenvalue weighted by Gasteiger charge is -2.34. The molecule has 0 radical (unpaired) electrons. The highest BCUT2D eigenvalue weighted by atomic mass is 32.2. The summed E-state index contributed by atoms with van der Waals surface area (Å²) in [6.45, 7) is 13.1. The largest absolute Gasteiger partial charge is 0.352 e. The van der Waals surface area contributed by atoms with Crippen molar-refractivity contribution < 1.29 is 18.0 Å². The first kappa shape index (κ1) is 31.9. The van der Waals surface area contributed by atoms with Gasteiger partial charge in [0.25, 0.3) is 10.0 Å². The number of sulfonamides is 1. The molecule has 0 bridgehead atoms. The SMILES string of the molecule is CC[C@@H](C)NC(=O)[C@@H](CC)N(Cc1ccc(C)cc1)C(=O)CN(c1ccc(C)cc1C)S(=O)(=O)c1ccc(C)cc1. The number of aryl methyl sites for hydroxylation is 4. The average Bonchev–Trinajstić information content (AvgIpc) is 2.93. The molecule has 2 atom stereocenters. The number of nitrogens with one attached hydrogen (secondary N) is 1. The van der Waals surface area contributed by atoms with E-state index in [1.54, 1.807) is 30.3 Å². The molecular weight excluding hydrogens is 534 g/mol. The molecule has 3 aromatic rings. The summed E-state index contributed by atoms with van der Waals surface area (Å²) in [6.07, 6.45) is 1.14. The third kappa shape index (κ3) is 7.97. The molecule has 0 spiro atoms. The molecular formula is C33H43N3O4S. The van der Waals surface area contributed by atoms with Gasteiger partial charge in [0.15, 0.2) is 0 Å². The standard InChI is InChI=1S/C33H43N3O4S/c1-8-27(7)34-33(38)30(9-2)35(21-28-15-10-23(3)11-16-28)32(37)22-36(31-19-14-25(5)20-26(31)6)41(39,40)29-17-12-24(4)13-18-29/h10-20,27,30H,8-9,21-22H2,1-7H3,(H,34,38)/t27-,30-/m1/s1. The molecule has 220 valence electrons. The Morgan fingerprint density at radius 1 is 0.805 bits per heavy atom. The van der Waals surface area contributed by atoms with Crippen LogP contribution < -0.4 is 9.62 Å². The van der Waals surface area contributed by atoms with E-state index in [0.717, 1.165) is 34.2 Å². The van der Waals surface area contributed by atoms with E-state index in [2.05, 4.69) is 5.32 Å². The van der Waals surface area contributed by atoms with Gasteiger partial charge in [-0.25, -0.2) is 8.42 Å². The predicted octanol–water partition coefficient (Wildman–Crippen LogP) is 5.84. The number of nitrogens with zero attached hydrogens (tertiary/aromatic N) is 2. The van der Waals surface area contributed by atoms with E-state index >= 15 is 0 Å². The van der Waals surface area contributed by atoms with Crippen molar-refractivity contribution in [2.75, 3.05) is 10.8 Å². The molecule has 0 saturated heterocycles. The minimum atomic E-state index is -4.10. The van der Waals surface area contributed by atoms with Crippen LogP contribution in [0.5, 0.6) is 0 Å². The van der Waals surface area contributed by atoms with Crippen molar-refractivity contribution in [3.05, 3.63) is 94.5 Å². The van der Waals surface area contributed by atoms with E-state index in [4.69, 9.17) is 0 Å². The Morgan fingerprint density at radius 3 is 1.90 bits per heavy atom. The van der Waals surface area contributed by atoms with Gasteiger partial charge in [0, 0.05) is 12.6 Å². The van der Waals surface area contributed by atoms with Crippen LogP contribution in [0.4, 0.5) is 5.69 Å². The fourth-order valence-electron chi connectivity index (χ4n) is 4.69. The van der Waals surface area contributed by atoms with E-state index in [9.17, 15) is 18.0 Å². The third-order valence-corrected chi connectivity index (χ3v) is 9.14. The summed E-state index contributed by atoms with van der Waals surface area (Å²) in [5, 5.41) is 3.01. The van der Waals surface area contributed by atoms with Crippen molar-refractivity contribution in [2.45, 2.75) is 84.8 Å². The second-order valence-electron chi connectivity index (χ2n) is 10.9. The Kier molecular flexibility index (Phi) is 10.7. The van der Waals surface area contributed by atoms with Gasteiger partial charge in [-0.05, 0) is 76.8 Å². The smallest absolute Gasteiger partial charge is 0.264 e. The molecule has 0 saturated carbocycles. The van der Waals surface area contributed by atoms with Crippen molar-refractivity contribution >= 4 is 27.5 Å². The molecule has 41 heavy (non-hydrogen) atoms. The highest BCUT2D eigenvalue weighted by Crippen LogP contribution is 2.28. The molecule has 1 N–H and O–H groups in total. The maximum absolute atomic E-state index is 14.2. The van der Waals surface area contributed by atoms with Crippen molar-refractivity contribution in [1.29, 1.82) is 0 Å². The van der Waals surface area contributed by atoms with Crippen LogP contribution in [-0.2, 0) is 26.2 Å². The first-order chi connectivity index (χ1) is 19.4.